The summed E-state index contributed by atoms with van der Waals surface area (Å²) in [7, 11) is 0. The van der Waals surface area contributed by atoms with Crippen LogP contribution in [-0.2, 0) is 12.6 Å². The number of hydrogen-bond donors (Lipinski definition) is 1. The van der Waals surface area contributed by atoms with Gasteiger partial charge in [0.2, 0.25) is 0 Å². The van der Waals surface area contributed by atoms with Gasteiger partial charge in [-0.3, -0.25) is 0 Å². The first kappa shape index (κ1) is 18.7. The van der Waals surface area contributed by atoms with Crippen LogP contribution in [0.5, 0.6) is 0 Å². The quantitative estimate of drug-likeness (QED) is 0.768. The molecule has 0 aromatic heterocycles. The van der Waals surface area contributed by atoms with E-state index >= 15 is 0 Å². The van der Waals surface area contributed by atoms with E-state index in [1.54, 1.807) is 6.07 Å². The van der Waals surface area contributed by atoms with Gasteiger partial charge in [-0.15, -0.1) is 0 Å². The van der Waals surface area contributed by atoms with Crippen molar-refractivity contribution in [2.75, 3.05) is 6.54 Å². The first-order chi connectivity index (χ1) is 12.4. The highest BCUT2D eigenvalue weighted by atomic mass is 19.4. The van der Waals surface area contributed by atoms with E-state index < -0.39 is 11.7 Å². The maximum atomic E-state index is 12.8. The van der Waals surface area contributed by atoms with E-state index in [1.807, 2.05) is 0 Å². The molecule has 1 aliphatic carbocycles. The minimum absolute atomic E-state index is 0.270. The Morgan fingerprint density at radius 3 is 2.69 bits per heavy atom. The Morgan fingerprint density at radius 1 is 1.08 bits per heavy atom. The number of fused-ring (bicyclic) bond motifs is 1. The molecule has 1 aliphatic rings. The lowest BCUT2D eigenvalue weighted by molar-refractivity contribution is -0.137. The molecule has 0 radical (unpaired) electrons. The van der Waals surface area contributed by atoms with E-state index in [2.05, 4.69) is 42.6 Å². The molecule has 1 N–H and O–H groups in total. The van der Waals surface area contributed by atoms with Crippen molar-refractivity contribution < 1.29 is 13.2 Å². The molecule has 138 valence electrons. The van der Waals surface area contributed by atoms with Gasteiger partial charge in [0.25, 0.3) is 0 Å². The Balaban J connectivity index is 1.57. The second kappa shape index (κ2) is 8.09. The number of benzene rings is 2. The molecule has 0 saturated carbocycles. The SMILES string of the molecule is C[C@@H](NCCCc1cccc(C(F)(F)F)c1)C1=c2ccccc2=CCC1. The fourth-order valence-corrected chi connectivity index (χ4v) is 3.57. The van der Waals surface area contributed by atoms with E-state index in [0.717, 1.165) is 37.4 Å². The molecule has 26 heavy (non-hydrogen) atoms. The number of aryl methyl sites for hydroxylation is 1. The summed E-state index contributed by atoms with van der Waals surface area (Å²) in [6.07, 6.45) is 1.57. The number of halogens is 3. The third kappa shape index (κ3) is 4.55. The van der Waals surface area contributed by atoms with Crippen LogP contribution >= 0.6 is 0 Å². The summed E-state index contributed by atoms with van der Waals surface area (Å²) in [6, 6.07) is 14.3. The van der Waals surface area contributed by atoms with Gasteiger partial charge >= 0.3 is 6.18 Å². The highest BCUT2D eigenvalue weighted by Gasteiger charge is 2.30. The molecule has 1 nitrogen and oxygen atoms in total. The second-order valence-corrected chi connectivity index (χ2v) is 6.83. The van der Waals surface area contributed by atoms with E-state index in [9.17, 15) is 13.2 Å². The van der Waals surface area contributed by atoms with Crippen molar-refractivity contribution in [3.8, 4) is 0 Å². The van der Waals surface area contributed by atoms with Gasteiger partial charge in [-0.2, -0.15) is 13.2 Å². The highest BCUT2D eigenvalue weighted by Crippen LogP contribution is 2.29. The monoisotopic (exact) mass is 359 g/mol. The molecule has 0 unspecified atom stereocenters. The van der Waals surface area contributed by atoms with Crippen molar-refractivity contribution in [3.05, 3.63) is 70.1 Å². The van der Waals surface area contributed by atoms with Crippen LogP contribution in [0.4, 0.5) is 13.2 Å². The molecular formula is C22H24F3N. The molecule has 0 spiro atoms. The summed E-state index contributed by atoms with van der Waals surface area (Å²) >= 11 is 0. The van der Waals surface area contributed by atoms with Crippen LogP contribution < -0.4 is 15.8 Å². The maximum Gasteiger partial charge on any atom is 0.416 e. The molecule has 2 aromatic carbocycles. The summed E-state index contributed by atoms with van der Waals surface area (Å²) in [5.41, 5.74) is 1.59. The molecule has 0 aliphatic heterocycles. The minimum atomic E-state index is -4.27. The van der Waals surface area contributed by atoms with Crippen LogP contribution in [0.3, 0.4) is 0 Å². The maximum absolute atomic E-state index is 12.8. The third-order valence-corrected chi connectivity index (χ3v) is 4.95. The first-order valence-corrected chi connectivity index (χ1v) is 9.13. The van der Waals surface area contributed by atoms with Gasteiger partial charge in [0, 0.05) is 6.04 Å². The number of alkyl halides is 3. The summed E-state index contributed by atoms with van der Waals surface area (Å²) in [4.78, 5) is 0. The summed E-state index contributed by atoms with van der Waals surface area (Å²) in [5.74, 6) is 0. The summed E-state index contributed by atoms with van der Waals surface area (Å²) in [5, 5.41) is 6.15. The van der Waals surface area contributed by atoms with Crippen LogP contribution in [0, 0.1) is 0 Å². The molecule has 0 bridgehead atoms. The molecular weight excluding hydrogens is 335 g/mol. The topological polar surface area (TPSA) is 12.0 Å². The number of hydrogen-bond acceptors (Lipinski definition) is 1. The van der Waals surface area contributed by atoms with Gasteiger partial charge in [0.1, 0.15) is 0 Å². The van der Waals surface area contributed by atoms with Gasteiger partial charge < -0.3 is 5.32 Å². The second-order valence-electron chi connectivity index (χ2n) is 6.83. The zero-order valence-corrected chi connectivity index (χ0v) is 14.9. The van der Waals surface area contributed by atoms with Crippen molar-refractivity contribution in [2.24, 2.45) is 0 Å². The van der Waals surface area contributed by atoms with Crippen LogP contribution in [0.1, 0.15) is 37.3 Å². The lowest BCUT2D eigenvalue weighted by Crippen LogP contribution is -2.38. The first-order valence-electron chi connectivity index (χ1n) is 9.13. The van der Waals surface area contributed by atoms with E-state index in [1.165, 1.54) is 28.1 Å². The zero-order chi connectivity index (χ0) is 18.6. The lowest BCUT2D eigenvalue weighted by atomic mass is 9.94. The Kier molecular flexibility index (Phi) is 5.82. The number of nitrogens with one attached hydrogen (secondary N) is 1. The lowest BCUT2D eigenvalue weighted by Gasteiger charge is -2.20. The van der Waals surface area contributed by atoms with Gasteiger partial charge in [-0.05, 0) is 66.8 Å². The molecule has 4 heteroatoms. The van der Waals surface area contributed by atoms with E-state index in [4.69, 9.17) is 0 Å². The van der Waals surface area contributed by atoms with E-state index in [0.29, 0.717) is 6.42 Å². The fourth-order valence-electron chi connectivity index (χ4n) is 3.57. The van der Waals surface area contributed by atoms with Gasteiger partial charge in [0.05, 0.1) is 5.56 Å². The smallest absolute Gasteiger partial charge is 0.310 e. The average Bonchev–Trinajstić information content (AvgIpc) is 2.64. The van der Waals surface area contributed by atoms with Crippen molar-refractivity contribution >= 4 is 11.6 Å². The molecule has 0 heterocycles. The van der Waals surface area contributed by atoms with Crippen molar-refractivity contribution in [3.63, 3.8) is 0 Å². The molecule has 0 amide bonds. The Hall–Kier alpha value is -2.07. The van der Waals surface area contributed by atoms with Gasteiger partial charge in [-0.25, -0.2) is 0 Å². The zero-order valence-electron chi connectivity index (χ0n) is 14.9. The van der Waals surface area contributed by atoms with Crippen molar-refractivity contribution in [1.82, 2.24) is 5.32 Å². The Bertz CT molecular complexity index is 867. The third-order valence-electron chi connectivity index (χ3n) is 4.95. The fraction of sp³-hybridized carbons (Fsp3) is 0.364. The molecule has 2 aromatic rings. The van der Waals surface area contributed by atoms with Crippen molar-refractivity contribution in [2.45, 2.75) is 44.8 Å². The van der Waals surface area contributed by atoms with Crippen LogP contribution in [0.2, 0.25) is 0 Å². The predicted molar refractivity (Wildman–Crippen MR) is 100 cm³/mol. The van der Waals surface area contributed by atoms with Crippen LogP contribution in [0.15, 0.2) is 48.5 Å². The summed E-state index contributed by atoms with van der Waals surface area (Å²) < 4.78 is 38.3. The Morgan fingerprint density at radius 2 is 1.88 bits per heavy atom. The van der Waals surface area contributed by atoms with Crippen LogP contribution in [0.25, 0.3) is 11.6 Å². The standard InChI is InChI=1S/C22H24F3N/c1-16(20-13-5-10-18-9-2-3-12-21(18)20)26-14-6-8-17-7-4-11-19(15-17)22(23,24)25/h2-4,7,9-12,15-16,26H,5-6,8,13-14H2,1H3/t16-/m1/s1. The molecule has 0 fully saturated rings. The number of rotatable bonds is 6. The van der Waals surface area contributed by atoms with Crippen molar-refractivity contribution in [1.29, 1.82) is 0 Å². The highest BCUT2D eigenvalue weighted by molar-refractivity contribution is 5.55. The average molecular weight is 359 g/mol. The largest absolute Gasteiger partial charge is 0.416 e. The Labute approximate surface area is 152 Å². The van der Waals surface area contributed by atoms with E-state index in [-0.39, 0.29) is 6.04 Å². The predicted octanol–water partition coefficient (Wildman–Crippen LogP) is 4.04. The van der Waals surface area contributed by atoms with Gasteiger partial charge in [0.15, 0.2) is 0 Å². The normalized spacial score (nSPS) is 15.3. The van der Waals surface area contributed by atoms with Crippen LogP contribution in [-0.4, -0.2) is 12.6 Å². The molecule has 3 rings (SSSR count). The minimum Gasteiger partial charge on any atom is -0.310 e. The molecule has 0 saturated heterocycles. The molecule has 1 atom stereocenters. The summed E-state index contributed by atoms with van der Waals surface area (Å²) in [6.45, 7) is 2.95. The van der Waals surface area contributed by atoms with Gasteiger partial charge in [-0.1, -0.05) is 48.5 Å².